The maximum atomic E-state index is 10.4. The van der Waals surface area contributed by atoms with Gasteiger partial charge in [0.1, 0.15) is 24.4 Å². The van der Waals surface area contributed by atoms with E-state index in [0.29, 0.717) is 13.2 Å². The first-order valence-corrected chi connectivity index (χ1v) is 8.73. The zero-order valence-corrected chi connectivity index (χ0v) is 16.9. The Morgan fingerprint density at radius 1 is 0.708 bits per heavy atom. The molecule has 0 aliphatic heterocycles. The number of hydrogen-bond donors (Lipinski definition) is 0. The molecule has 0 fully saturated rings. The van der Waals surface area contributed by atoms with Gasteiger partial charge < -0.3 is 9.47 Å². The molecule has 0 heterocycles. The Kier molecular flexibility index (Phi) is 33.6. The fraction of sp³-hybridized carbons (Fsp3) is 0.733. The second-order valence-corrected chi connectivity index (χ2v) is 4.42. The molecule has 0 atom stereocenters. The van der Waals surface area contributed by atoms with E-state index >= 15 is 0 Å². The van der Waals surface area contributed by atoms with Gasteiger partial charge in [0.2, 0.25) is 0 Å². The van der Waals surface area contributed by atoms with Crippen molar-refractivity contribution in [1.82, 2.24) is 0 Å². The van der Waals surface area contributed by atoms with Gasteiger partial charge in [-0.25, -0.2) is 0 Å². The van der Waals surface area contributed by atoms with E-state index in [9.17, 15) is 19.2 Å². The topological polar surface area (TPSA) is 121 Å². The fourth-order valence-corrected chi connectivity index (χ4v) is 0.831. The molecule has 0 spiro atoms. The summed E-state index contributed by atoms with van der Waals surface area (Å²) in [5.41, 5.74) is 0. The van der Waals surface area contributed by atoms with Crippen LogP contribution in [-0.4, -0.2) is 36.7 Å². The van der Waals surface area contributed by atoms with Crippen molar-refractivity contribution < 1.29 is 54.4 Å². The van der Waals surface area contributed by atoms with Crippen LogP contribution in [0.2, 0.25) is 0 Å². The van der Waals surface area contributed by atoms with Crippen LogP contribution in [0.3, 0.4) is 0 Å². The summed E-state index contributed by atoms with van der Waals surface area (Å²) in [6, 6.07) is 0. The average Bonchev–Trinajstić information content (AvgIpc) is 2.39. The number of esters is 2. The third-order valence-corrected chi connectivity index (χ3v) is 1.40. The quantitative estimate of drug-likeness (QED) is 0.388. The molecule has 0 saturated carbocycles. The van der Waals surface area contributed by atoms with Crippen molar-refractivity contribution in [1.29, 1.82) is 0 Å². The number of Topliss-reactive ketones (excluding diaryl/α,β-unsaturated/α-hetero) is 2. The zero-order chi connectivity index (χ0) is 20.0. The van der Waals surface area contributed by atoms with Gasteiger partial charge in [0.05, 0.1) is 13.2 Å². The first-order valence-electron chi connectivity index (χ1n) is 7.45. The molecule has 140 valence electrons. The molecule has 0 aliphatic rings. The molecule has 24 heavy (non-hydrogen) atoms. The normalized spacial score (nSPS) is 7.58. The molecule has 0 aromatic rings. The summed E-state index contributed by atoms with van der Waals surface area (Å²) in [6.07, 6.45) is 1.04. The van der Waals surface area contributed by atoms with Gasteiger partial charge in [-0.3, -0.25) is 19.2 Å². The van der Waals surface area contributed by atoms with Gasteiger partial charge in [-0.1, -0.05) is 20.3 Å². The first-order chi connectivity index (χ1) is 11.2. The van der Waals surface area contributed by atoms with E-state index in [1.807, 2.05) is 0 Å². The van der Waals surface area contributed by atoms with E-state index < -0.39 is 31.0 Å². The Balaban J connectivity index is -0.000000126. The van der Waals surface area contributed by atoms with Crippen molar-refractivity contribution in [2.75, 3.05) is 13.2 Å². The van der Waals surface area contributed by atoms with Crippen LogP contribution in [0.4, 0.5) is 0 Å². The average molecular weight is 384 g/mol. The summed E-state index contributed by atoms with van der Waals surface area (Å²) in [5, 5.41) is 0. The molecule has 0 aromatic heterocycles. The molecular formula is C15H28O8Ti. The van der Waals surface area contributed by atoms with Crippen LogP contribution < -0.4 is 0 Å². The van der Waals surface area contributed by atoms with E-state index in [2.05, 4.69) is 23.3 Å². The number of ketones is 2. The third-order valence-electron chi connectivity index (χ3n) is 1.40. The number of ether oxygens (including phenoxy) is 2. The predicted octanol–water partition coefficient (Wildman–Crippen LogP) is 2.23. The summed E-state index contributed by atoms with van der Waals surface area (Å²) in [4.78, 5) is 41.3. The fourth-order valence-electron chi connectivity index (χ4n) is 0.831. The van der Waals surface area contributed by atoms with Crippen LogP contribution in [0.5, 0.6) is 0 Å². The summed E-state index contributed by atoms with van der Waals surface area (Å²) in [6.45, 7) is 11.1. The van der Waals surface area contributed by atoms with E-state index in [-0.39, 0.29) is 24.4 Å². The second-order valence-electron chi connectivity index (χ2n) is 4.16. The van der Waals surface area contributed by atoms with Crippen LogP contribution in [0, 0.1) is 0 Å². The Morgan fingerprint density at radius 2 is 0.917 bits per heavy atom. The van der Waals surface area contributed by atoms with Crippen LogP contribution in [0.25, 0.3) is 0 Å². The van der Waals surface area contributed by atoms with Crippen molar-refractivity contribution in [3.8, 4) is 0 Å². The van der Waals surface area contributed by atoms with Crippen LogP contribution in [0.1, 0.15) is 60.8 Å². The van der Waals surface area contributed by atoms with Gasteiger partial charge in [-0.2, -0.15) is 0 Å². The molecule has 0 amide bonds. The Bertz CT molecular complexity index is 357. The van der Waals surface area contributed by atoms with Crippen LogP contribution >= 0.6 is 0 Å². The summed E-state index contributed by atoms with van der Waals surface area (Å²) in [7, 11) is 0. The number of carbonyl (C=O) groups is 4. The van der Waals surface area contributed by atoms with Crippen molar-refractivity contribution >= 4 is 23.5 Å². The van der Waals surface area contributed by atoms with E-state index in [1.54, 1.807) is 13.8 Å². The first kappa shape index (κ1) is 30.5. The zero-order valence-electron chi connectivity index (χ0n) is 15.3. The van der Waals surface area contributed by atoms with E-state index in [1.165, 1.54) is 20.3 Å². The predicted molar refractivity (Wildman–Crippen MR) is 81.2 cm³/mol. The number of hydrogen-bond acceptors (Lipinski definition) is 8. The molecule has 0 bridgehead atoms. The molecule has 9 heteroatoms. The van der Waals surface area contributed by atoms with Gasteiger partial charge in [-0.05, 0) is 27.7 Å². The summed E-state index contributed by atoms with van der Waals surface area (Å²) < 4.78 is 26.0. The minimum absolute atomic E-state index is 0.103. The standard InChI is InChI=1S/2C6H10O3.C3H8.2O.Ti/c2*1-3-9-6(8)4-5(2)7;1-3-2;;;/h2*3-4H2,1-2H3;3H2,1-2H3;;;. The Hall–Kier alpha value is -1.41. The molecule has 0 aromatic carbocycles. The van der Waals surface area contributed by atoms with Gasteiger partial charge >= 0.3 is 37.7 Å². The van der Waals surface area contributed by atoms with Gasteiger partial charge in [0.15, 0.2) is 0 Å². The van der Waals surface area contributed by atoms with Crippen molar-refractivity contribution in [2.45, 2.75) is 60.8 Å². The third kappa shape index (κ3) is 49.8. The van der Waals surface area contributed by atoms with Crippen molar-refractivity contribution in [3.05, 3.63) is 0 Å². The minimum atomic E-state index is -2.00. The molecule has 0 radical (unpaired) electrons. The Labute approximate surface area is 152 Å². The monoisotopic (exact) mass is 384 g/mol. The molecule has 0 N–H and O–H groups in total. The van der Waals surface area contributed by atoms with Gasteiger partial charge in [0, 0.05) is 0 Å². The molecule has 0 unspecified atom stereocenters. The van der Waals surface area contributed by atoms with Crippen molar-refractivity contribution in [2.24, 2.45) is 0 Å². The van der Waals surface area contributed by atoms with E-state index in [4.69, 9.17) is 6.65 Å². The molecule has 0 aliphatic carbocycles. The summed E-state index contributed by atoms with van der Waals surface area (Å²) >= 11 is -2.00. The van der Waals surface area contributed by atoms with Gasteiger partial charge in [-0.15, -0.1) is 0 Å². The maximum absolute atomic E-state index is 10.4. The molecule has 8 nitrogen and oxygen atoms in total. The van der Waals surface area contributed by atoms with Crippen molar-refractivity contribution in [3.63, 3.8) is 0 Å². The van der Waals surface area contributed by atoms with E-state index in [0.717, 1.165) is 0 Å². The molecule has 0 saturated heterocycles. The van der Waals surface area contributed by atoms with Crippen LogP contribution in [0.15, 0.2) is 0 Å². The number of rotatable bonds is 6. The SMILES string of the molecule is CCC.CCOC(=O)CC(C)=O.CCOC(=O)CC(C)=O.[O]=[Ti]=[O]. The second kappa shape index (κ2) is 26.5. The van der Waals surface area contributed by atoms with Gasteiger partial charge in [0.25, 0.3) is 0 Å². The molecule has 0 rings (SSSR count). The van der Waals surface area contributed by atoms with Crippen LogP contribution in [-0.2, 0) is 54.4 Å². The number of carbonyl (C=O) groups excluding carboxylic acids is 4. The summed E-state index contributed by atoms with van der Waals surface area (Å²) in [5.74, 6) is -1.20. The Morgan fingerprint density at radius 3 is 1.04 bits per heavy atom. The molecular weight excluding hydrogens is 356 g/mol.